The van der Waals surface area contributed by atoms with E-state index in [9.17, 15) is 4.79 Å². The zero-order valence-corrected chi connectivity index (χ0v) is 13.9. The molecule has 0 aliphatic heterocycles. The van der Waals surface area contributed by atoms with E-state index in [0.29, 0.717) is 13.0 Å². The van der Waals surface area contributed by atoms with E-state index in [-0.39, 0.29) is 5.97 Å². The molecule has 0 aromatic rings. The Bertz CT molecular complexity index is 256. The summed E-state index contributed by atoms with van der Waals surface area (Å²) in [6, 6.07) is 0. The van der Waals surface area contributed by atoms with E-state index in [1.165, 1.54) is 56.9 Å². The van der Waals surface area contributed by atoms with E-state index in [2.05, 4.69) is 19.9 Å². The predicted molar refractivity (Wildman–Crippen MR) is 86.9 cm³/mol. The minimum atomic E-state index is -0.0683. The van der Waals surface area contributed by atoms with Crippen LogP contribution in [0.2, 0.25) is 0 Å². The molecule has 0 aromatic heterocycles. The molecule has 0 rings (SSSR count). The van der Waals surface area contributed by atoms with Gasteiger partial charge in [-0.1, -0.05) is 70.4 Å². The van der Waals surface area contributed by atoms with E-state index < -0.39 is 0 Å². The van der Waals surface area contributed by atoms with Crippen LogP contribution in [-0.4, -0.2) is 12.6 Å². The molecule has 0 saturated heterocycles. The van der Waals surface area contributed by atoms with Gasteiger partial charge in [0.2, 0.25) is 0 Å². The minimum Gasteiger partial charge on any atom is -0.466 e. The first-order valence-corrected chi connectivity index (χ1v) is 8.58. The molecule has 2 nitrogen and oxygen atoms in total. The zero-order chi connectivity index (χ0) is 15.1. The van der Waals surface area contributed by atoms with Crippen LogP contribution in [0.5, 0.6) is 0 Å². The summed E-state index contributed by atoms with van der Waals surface area (Å²) in [6.07, 6.45) is 15.2. The van der Waals surface area contributed by atoms with Crippen molar-refractivity contribution in [3.05, 3.63) is 11.6 Å². The summed E-state index contributed by atoms with van der Waals surface area (Å²) in [6.45, 7) is 6.80. The molecule has 0 aliphatic rings. The second-order valence-electron chi connectivity index (χ2n) is 5.50. The average molecular weight is 282 g/mol. The van der Waals surface area contributed by atoms with Gasteiger partial charge in [0.15, 0.2) is 0 Å². The summed E-state index contributed by atoms with van der Waals surface area (Å²) < 4.78 is 5.06. The van der Waals surface area contributed by atoms with Gasteiger partial charge in [-0.15, -0.1) is 0 Å². The van der Waals surface area contributed by atoms with Crippen LogP contribution in [0.4, 0.5) is 0 Å². The largest absolute Gasteiger partial charge is 0.466 e. The molecule has 0 heterocycles. The van der Waals surface area contributed by atoms with E-state index in [1.807, 2.05) is 6.92 Å². The van der Waals surface area contributed by atoms with Crippen LogP contribution in [0.3, 0.4) is 0 Å². The van der Waals surface area contributed by atoms with E-state index >= 15 is 0 Å². The van der Waals surface area contributed by atoms with Crippen molar-refractivity contribution in [1.29, 1.82) is 0 Å². The first-order valence-electron chi connectivity index (χ1n) is 8.58. The van der Waals surface area contributed by atoms with Gasteiger partial charge >= 0.3 is 5.97 Å². The first kappa shape index (κ1) is 19.2. The van der Waals surface area contributed by atoms with Crippen molar-refractivity contribution in [2.45, 2.75) is 91.4 Å². The lowest BCUT2D eigenvalue weighted by Gasteiger charge is -2.08. The number of hydrogen-bond donors (Lipinski definition) is 0. The van der Waals surface area contributed by atoms with Gasteiger partial charge in [-0.2, -0.15) is 0 Å². The van der Waals surface area contributed by atoms with Gasteiger partial charge in [-0.25, -0.2) is 0 Å². The van der Waals surface area contributed by atoms with E-state index in [4.69, 9.17) is 4.74 Å². The van der Waals surface area contributed by atoms with Crippen molar-refractivity contribution < 1.29 is 9.53 Å². The van der Waals surface area contributed by atoms with E-state index in [1.54, 1.807) is 0 Å². The smallest absolute Gasteiger partial charge is 0.309 e. The second kappa shape index (κ2) is 14.6. The standard InChI is InChI=1S/C18H34O2/c1-4-7-9-10-11-13-15-17(14-12-8-5-2)16-18(19)20-6-3/h14H,4-13,15-16H2,1-3H3/b17-14+. The van der Waals surface area contributed by atoms with Crippen LogP contribution in [0.15, 0.2) is 11.6 Å². The summed E-state index contributed by atoms with van der Waals surface area (Å²) in [5, 5.41) is 0. The van der Waals surface area contributed by atoms with Crippen LogP contribution >= 0.6 is 0 Å². The van der Waals surface area contributed by atoms with Gasteiger partial charge in [-0.3, -0.25) is 4.79 Å². The molecule has 0 bridgehead atoms. The molecule has 0 atom stereocenters. The molecular weight excluding hydrogens is 248 g/mol. The molecule has 0 fully saturated rings. The molecule has 20 heavy (non-hydrogen) atoms. The molecule has 0 amide bonds. The Hall–Kier alpha value is -0.790. The third kappa shape index (κ3) is 12.3. The average Bonchev–Trinajstić information content (AvgIpc) is 2.43. The maximum absolute atomic E-state index is 11.6. The number of unbranched alkanes of at least 4 members (excludes halogenated alkanes) is 7. The molecule has 0 radical (unpaired) electrons. The maximum Gasteiger partial charge on any atom is 0.309 e. The van der Waals surface area contributed by atoms with Gasteiger partial charge in [0, 0.05) is 0 Å². The monoisotopic (exact) mass is 282 g/mol. The number of allylic oxidation sites excluding steroid dienone is 1. The van der Waals surface area contributed by atoms with Gasteiger partial charge in [0.05, 0.1) is 13.0 Å². The SMILES string of the molecule is CCCC/C=C(\CCCCCCCC)CC(=O)OCC. The molecular formula is C18H34O2. The number of hydrogen-bond acceptors (Lipinski definition) is 2. The van der Waals surface area contributed by atoms with Crippen LogP contribution in [-0.2, 0) is 9.53 Å². The topological polar surface area (TPSA) is 26.3 Å². The maximum atomic E-state index is 11.6. The van der Waals surface area contributed by atoms with Gasteiger partial charge < -0.3 is 4.74 Å². The Kier molecular flexibility index (Phi) is 14.0. The quantitative estimate of drug-likeness (QED) is 0.242. The fraction of sp³-hybridized carbons (Fsp3) is 0.833. The lowest BCUT2D eigenvalue weighted by Crippen LogP contribution is -2.05. The fourth-order valence-corrected chi connectivity index (χ4v) is 2.30. The van der Waals surface area contributed by atoms with Gasteiger partial charge in [0.25, 0.3) is 0 Å². The number of rotatable bonds is 13. The molecule has 0 aliphatic carbocycles. The highest BCUT2D eigenvalue weighted by Gasteiger charge is 2.06. The Labute approximate surface area is 126 Å². The highest BCUT2D eigenvalue weighted by molar-refractivity contribution is 5.72. The molecule has 0 spiro atoms. The Morgan fingerprint density at radius 2 is 1.55 bits per heavy atom. The Morgan fingerprint density at radius 3 is 2.20 bits per heavy atom. The lowest BCUT2D eigenvalue weighted by atomic mass is 10.0. The van der Waals surface area contributed by atoms with Crippen molar-refractivity contribution in [2.24, 2.45) is 0 Å². The summed E-state index contributed by atoms with van der Waals surface area (Å²) in [7, 11) is 0. The molecule has 118 valence electrons. The highest BCUT2D eigenvalue weighted by atomic mass is 16.5. The summed E-state index contributed by atoms with van der Waals surface area (Å²) in [5.41, 5.74) is 1.28. The lowest BCUT2D eigenvalue weighted by molar-refractivity contribution is -0.142. The zero-order valence-electron chi connectivity index (χ0n) is 13.9. The summed E-state index contributed by atoms with van der Waals surface area (Å²) >= 11 is 0. The van der Waals surface area contributed by atoms with Crippen LogP contribution < -0.4 is 0 Å². The van der Waals surface area contributed by atoms with Crippen molar-refractivity contribution >= 4 is 5.97 Å². The summed E-state index contributed by atoms with van der Waals surface area (Å²) in [4.78, 5) is 11.6. The van der Waals surface area contributed by atoms with E-state index in [0.717, 1.165) is 12.8 Å². The second-order valence-corrected chi connectivity index (χ2v) is 5.50. The number of esters is 1. The minimum absolute atomic E-state index is 0.0683. The third-order valence-electron chi connectivity index (χ3n) is 3.52. The number of carbonyl (C=O) groups excluding carboxylic acids is 1. The normalized spacial score (nSPS) is 11.7. The summed E-state index contributed by atoms with van der Waals surface area (Å²) in [5.74, 6) is -0.0683. The number of ether oxygens (including phenoxy) is 1. The van der Waals surface area contributed by atoms with Crippen molar-refractivity contribution in [2.75, 3.05) is 6.61 Å². The molecule has 0 aromatic carbocycles. The molecule has 0 N–H and O–H groups in total. The Morgan fingerprint density at radius 1 is 0.900 bits per heavy atom. The molecule has 2 heteroatoms. The van der Waals surface area contributed by atoms with Crippen molar-refractivity contribution in [1.82, 2.24) is 0 Å². The van der Waals surface area contributed by atoms with Crippen LogP contribution in [0.25, 0.3) is 0 Å². The van der Waals surface area contributed by atoms with Gasteiger partial charge in [0.1, 0.15) is 0 Å². The first-order chi connectivity index (χ1) is 9.74. The molecule has 0 saturated carbocycles. The van der Waals surface area contributed by atoms with Crippen molar-refractivity contribution in [3.8, 4) is 0 Å². The fourth-order valence-electron chi connectivity index (χ4n) is 2.30. The van der Waals surface area contributed by atoms with Crippen molar-refractivity contribution in [3.63, 3.8) is 0 Å². The van der Waals surface area contributed by atoms with Crippen LogP contribution in [0, 0.1) is 0 Å². The van der Waals surface area contributed by atoms with Crippen LogP contribution in [0.1, 0.15) is 91.4 Å². The highest BCUT2D eigenvalue weighted by Crippen LogP contribution is 2.16. The number of carbonyl (C=O) groups is 1. The third-order valence-corrected chi connectivity index (χ3v) is 3.52. The predicted octanol–water partition coefficient (Wildman–Crippen LogP) is 5.81. The Balaban J connectivity index is 3.98. The molecule has 0 unspecified atom stereocenters. The van der Waals surface area contributed by atoms with Gasteiger partial charge in [-0.05, 0) is 26.2 Å².